The van der Waals surface area contributed by atoms with E-state index in [-0.39, 0.29) is 0 Å². The molecule has 0 rings (SSSR count). The summed E-state index contributed by atoms with van der Waals surface area (Å²) < 4.78 is 0. The van der Waals surface area contributed by atoms with Gasteiger partial charge in [-0.2, -0.15) is 0 Å². The predicted octanol–water partition coefficient (Wildman–Crippen LogP) is 7.13. The minimum absolute atomic E-state index is 0.417. The summed E-state index contributed by atoms with van der Waals surface area (Å²) in [6.07, 6.45) is 21.9. The first-order valence-corrected chi connectivity index (χ1v) is 12.7. The van der Waals surface area contributed by atoms with Crippen LogP contribution in [0.4, 0.5) is 0 Å². The van der Waals surface area contributed by atoms with Crippen LogP contribution in [-0.4, -0.2) is 9.52 Å². The highest BCUT2D eigenvalue weighted by molar-refractivity contribution is 6.31. The molecule has 0 saturated carbocycles. The van der Waals surface area contributed by atoms with Crippen LogP contribution in [0.5, 0.6) is 0 Å². The van der Waals surface area contributed by atoms with Gasteiger partial charge < -0.3 is 0 Å². The molecule has 0 unspecified atom stereocenters. The molecule has 0 nitrogen and oxygen atoms in total. The van der Waals surface area contributed by atoms with Crippen molar-refractivity contribution in [3.63, 3.8) is 0 Å². The molecule has 0 aliphatic carbocycles. The second kappa shape index (κ2) is 24.2. The average molecular weight is 301 g/mol. The van der Waals surface area contributed by atoms with Gasteiger partial charge >= 0.3 is 0 Å². The largest absolute Gasteiger partial charge is 0.0750 e. The van der Waals surface area contributed by atoms with Gasteiger partial charge in [-0.15, -0.1) is 0 Å². The van der Waals surface area contributed by atoms with Crippen LogP contribution in [0, 0.1) is 0 Å². The Morgan fingerprint density at radius 3 is 0.700 bits per heavy atom. The topological polar surface area (TPSA) is 0 Å². The summed E-state index contributed by atoms with van der Waals surface area (Å²) in [6, 6.07) is 0. The molecule has 0 radical (unpaired) electrons. The number of hydrogen-bond donors (Lipinski definition) is 0. The minimum Gasteiger partial charge on any atom is -0.0750 e. The first-order chi connectivity index (χ1) is 9.83. The Balaban J connectivity index is 0. The van der Waals surface area contributed by atoms with Crippen molar-refractivity contribution in [2.24, 2.45) is 0 Å². The van der Waals surface area contributed by atoms with Crippen LogP contribution in [-0.2, 0) is 0 Å². The van der Waals surface area contributed by atoms with Crippen LogP contribution in [0.3, 0.4) is 0 Å². The maximum atomic E-state index is 2.29. The maximum Gasteiger partial charge on any atom is 0.0135 e. The maximum absolute atomic E-state index is 2.29. The van der Waals surface area contributed by atoms with E-state index in [9.17, 15) is 0 Å². The zero-order chi connectivity index (χ0) is 15.3. The summed E-state index contributed by atoms with van der Waals surface area (Å²) in [7, 11) is 0.417. The van der Waals surface area contributed by atoms with Crippen LogP contribution < -0.4 is 0 Å². The van der Waals surface area contributed by atoms with Gasteiger partial charge in [-0.25, -0.2) is 0 Å². The molecule has 0 N–H and O–H groups in total. The highest BCUT2D eigenvalue weighted by Crippen LogP contribution is 2.13. The Hall–Kier alpha value is 0.217. The standard InChI is InChI=1S/C17H36.C2H8Si/c1-3-5-7-9-11-13-15-17-16-14-12-10-8-6-4-2;1-3-2/h3-17H2,1-2H3;3H2,1-2H3. The third-order valence-electron chi connectivity index (χ3n) is 3.71. The highest BCUT2D eigenvalue weighted by atomic mass is 28.2. The predicted molar refractivity (Wildman–Crippen MR) is 101 cm³/mol. The molecule has 0 aromatic heterocycles. The zero-order valence-corrected chi connectivity index (χ0v) is 16.7. The van der Waals surface area contributed by atoms with E-state index in [4.69, 9.17) is 0 Å². The van der Waals surface area contributed by atoms with Crippen LogP contribution in [0.25, 0.3) is 0 Å². The van der Waals surface area contributed by atoms with Crippen molar-refractivity contribution < 1.29 is 0 Å². The molecular weight excluding hydrogens is 256 g/mol. The Kier molecular flexibility index (Phi) is 27.3. The van der Waals surface area contributed by atoms with Gasteiger partial charge in [0.2, 0.25) is 0 Å². The molecule has 1 heteroatoms. The van der Waals surface area contributed by atoms with Gasteiger partial charge in [-0.05, 0) is 0 Å². The highest BCUT2D eigenvalue weighted by Gasteiger charge is 1.93. The Morgan fingerprint density at radius 2 is 0.550 bits per heavy atom. The molecule has 0 spiro atoms. The molecule has 0 atom stereocenters. The Morgan fingerprint density at radius 1 is 0.400 bits per heavy atom. The lowest BCUT2D eigenvalue weighted by Gasteiger charge is -2.02. The molecule has 0 aromatic carbocycles. The van der Waals surface area contributed by atoms with E-state index in [0.717, 1.165) is 0 Å². The van der Waals surface area contributed by atoms with E-state index >= 15 is 0 Å². The van der Waals surface area contributed by atoms with E-state index in [0.29, 0.717) is 9.52 Å². The quantitative estimate of drug-likeness (QED) is 0.236. The van der Waals surface area contributed by atoms with Gasteiger partial charge in [0, 0.05) is 9.52 Å². The molecule has 0 heterocycles. The second-order valence-corrected chi connectivity index (χ2v) is 7.72. The van der Waals surface area contributed by atoms with Crippen molar-refractivity contribution in [3.8, 4) is 0 Å². The fourth-order valence-corrected chi connectivity index (χ4v) is 2.44. The minimum atomic E-state index is 0.417. The molecule has 0 fully saturated rings. The van der Waals surface area contributed by atoms with E-state index in [1.54, 1.807) is 0 Å². The van der Waals surface area contributed by atoms with Gasteiger partial charge in [0.15, 0.2) is 0 Å². The lowest BCUT2D eigenvalue weighted by molar-refractivity contribution is 0.534. The number of rotatable bonds is 14. The second-order valence-electron chi connectivity index (χ2n) is 6.30. The smallest absolute Gasteiger partial charge is 0.0135 e. The fraction of sp³-hybridized carbons (Fsp3) is 1.00. The van der Waals surface area contributed by atoms with Crippen molar-refractivity contribution in [1.29, 1.82) is 0 Å². The molecule has 0 aromatic rings. The summed E-state index contributed by atoms with van der Waals surface area (Å²) in [5.41, 5.74) is 0. The van der Waals surface area contributed by atoms with Crippen molar-refractivity contribution in [2.45, 2.75) is 123 Å². The van der Waals surface area contributed by atoms with Gasteiger partial charge in [0.1, 0.15) is 0 Å². The van der Waals surface area contributed by atoms with Crippen molar-refractivity contribution >= 4 is 9.52 Å². The van der Waals surface area contributed by atoms with Crippen molar-refractivity contribution in [1.82, 2.24) is 0 Å². The molecule has 0 aliphatic rings. The fourth-order valence-electron chi connectivity index (χ4n) is 2.44. The van der Waals surface area contributed by atoms with E-state index in [2.05, 4.69) is 26.9 Å². The summed E-state index contributed by atoms with van der Waals surface area (Å²) >= 11 is 0. The van der Waals surface area contributed by atoms with E-state index in [1.807, 2.05) is 0 Å². The molecule has 0 amide bonds. The summed E-state index contributed by atoms with van der Waals surface area (Å²) in [5, 5.41) is 0. The average Bonchev–Trinajstić information content (AvgIpc) is 2.45. The molecule has 0 bridgehead atoms. The van der Waals surface area contributed by atoms with Crippen molar-refractivity contribution in [3.05, 3.63) is 0 Å². The monoisotopic (exact) mass is 300 g/mol. The van der Waals surface area contributed by atoms with Crippen LogP contribution in [0.2, 0.25) is 13.1 Å². The third-order valence-corrected chi connectivity index (χ3v) is 3.71. The van der Waals surface area contributed by atoms with Gasteiger partial charge in [-0.3, -0.25) is 0 Å². The van der Waals surface area contributed by atoms with Crippen LogP contribution >= 0.6 is 0 Å². The first kappa shape index (κ1) is 22.5. The third kappa shape index (κ3) is 26.7. The normalized spacial score (nSPS) is 10.2. The number of unbranched alkanes of at least 4 members (excludes halogenated alkanes) is 14. The molecule has 124 valence electrons. The molecular formula is C19H44Si. The van der Waals surface area contributed by atoms with Crippen LogP contribution in [0.15, 0.2) is 0 Å². The Labute approximate surface area is 133 Å². The molecule has 0 aliphatic heterocycles. The summed E-state index contributed by atoms with van der Waals surface area (Å²) in [5.74, 6) is 0. The SMILES string of the molecule is CCCCCCCCCCCCCCCCC.C[SiH2]C. The summed E-state index contributed by atoms with van der Waals surface area (Å²) in [4.78, 5) is 0. The van der Waals surface area contributed by atoms with Gasteiger partial charge in [-0.1, -0.05) is 123 Å². The first-order valence-electron chi connectivity index (χ1n) is 9.83. The summed E-state index contributed by atoms with van der Waals surface area (Å²) in [6.45, 7) is 9.11. The van der Waals surface area contributed by atoms with E-state index < -0.39 is 0 Å². The van der Waals surface area contributed by atoms with E-state index in [1.165, 1.54) is 96.3 Å². The number of hydrogen-bond acceptors (Lipinski definition) is 0. The zero-order valence-electron chi connectivity index (χ0n) is 15.3. The van der Waals surface area contributed by atoms with Crippen LogP contribution in [0.1, 0.15) is 110 Å². The van der Waals surface area contributed by atoms with Crippen molar-refractivity contribution in [2.75, 3.05) is 0 Å². The van der Waals surface area contributed by atoms with Gasteiger partial charge in [0.05, 0.1) is 0 Å². The van der Waals surface area contributed by atoms with Gasteiger partial charge in [0.25, 0.3) is 0 Å². The molecule has 20 heavy (non-hydrogen) atoms. The Bertz CT molecular complexity index is 120. The lowest BCUT2D eigenvalue weighted by Crippen LogP contribution is -1.82. The lowest BCUT2D eigenvalue weighted by atomic mass is 10.0. The molecule has 0 saturated heterocycles.